The number of urea groups is 1. The van der Waals surface area contributed by atoms with Crippen LogP contribution < -0.4 is 33.2 Å². The van der Waals surface area contributed by atoms with Gasteiger partial charge < -0.3 is 27.8 Å². The molecule has 0 bridgehead atoms. The number of nitrogens with two attached hydrogens (primary N) is 3. The Morgan fingerprint density at radius 2 is 1.14 bits per heavy atom. The van der Waals surface area contributed by atoms with Gasteiger partial charge in [0.2, 0.25) is 5.91 Å². The number of nitrogens with one attached hydrogen (secondary N) is 3. The minimum Gasteiger partial charge on any atom is -0.370 e. The summed E-state index contributed by atoms with van der Waals surface area (Å²) in [5.74, 6) is -0.331. The molecule has 3 amide bonds. The molecule has 0 aliphatic rings. The molecule has 0 radical (unpaired) electrons. The summed E-state index contributed by atoms with van der Waals surface area (Å²) in [5, 5.41) is 8.40. The van der Waals surface area contributed by atoms with Crippen molar-refractivity contribution in [3.8, 4) is 0 Å². The number of rotatable bonds is 12. The van der Waals surface area contributed by atoms with E-state index in [2.05, 4.69) is 25.9 Å². The van der Waals surface area contributed by atoms with Gasteiger partial charge in [-0.2, -0.15) is 0 Å². The van der Waals surface area contributed by atoms with Crippen LogP contribution in [-0.2, 0) is 37.4 Å². The lowest BCUT2D eigenvalue weighted by molar-refractivity contribution is -0.122. The Morgan fingerprint density at radius 1 is 0.614 bits per heavy atom. The van der Waals surface area contributed by atoms with Crippen LogP contribution in [-0.4, -0.2) is 23.9 Å². The quantitative estimate of drug-likeness (QED) is 0.109. The molecule has 0 saturated carbocycles. The minimum absolute atomic E-state index is 0.00525. The normalized spacial score (nSPS) is 11.7. The van der Waals surface area contributed by atoms with Gasteiger partial charge in [-0.3, -0.25) is 10.1 Å². The molecule has 9 N–H and O–H groups in total. The number of nitrogens with zero attached hydrogens (tertiary/aromatic N) is 2. The Hall–Kier alpha value is -5.64. The van der Waals surface area contributed by atoms with Crippen molar-refractivity contribution in [2.45, 2.75) is 38.5 Å². The van der Waals surface area contributed by atoms with Gasteiger partial charge in [-0.1, -0.05) is 109 Å². The first-order chi connectivity index (χ1) is 21.4. The van der Waals surface area contributed by atoms with E-state index in [0.717, 1.165) is 33.4 Å². The van der Waals surface area contributed by atoms with Gasteiger partial charge >= 0.3 is 6.03 Å². The van der Waals surface area contributed by atoms with Crippen LogP contribution in [0.25, 0.3) is 0 Å². The number of carbonyl (C=O) groups is 2. The van der Waals surface area contributed by atoms with Crippen molar-refractivity contribution in [1.82, 2.24) is 16.0 Å². The maximum Gasteiger partial charge on any atom is 0.321 e. The summed E-state index contributed by atoms with van der Waals surface area (Å²) in [6, 6.07) is 34.6. The number of benzene rings is 4. The van der Waals surface area contributed by atoms with Gasteiger partial charge in [-0.15, -0.1) is 0 Å². The van der Waals surface area contributed by atoms with Crippen molar-refractivity contribution in [2.24, 2.45) is 27.2 Å². The molecule has 44 heavy (non-hydrogen) atoms. The molecule has 0 aliphatic heterocycles. The zero-order chi connectivity index (χ0) is 31.1. The summed E-state index contributed by atoms with van der Waals surface area (Å²) in [4.78, 5) is 33.9. The number of hydrogen-bond acceptors (Lipinski definition) is 4. The smallest absolute Gasteiger partial charge is 0.321 e. The van der Waals surface area contributed by atoms with Crippen molar-refractivity contribution < 1.29 is 9.59 Å². The molecule has 1 atom stereocenters. The highest BCUT2D eigenvalue weighted by molar-refractivity contribution is 5.95. The summed E-state index contributed by atoms with van der Waals surface area (Å²) >= 11 is 0. The van der Waals surface area contributed by atoms with Crippen molar-refractivity contribution in [2.75, 3.05) is 0 Å². The average Bonchev–Trinajstić information content (AvgIpc) is 3.04. The molecule has 4 rings (SSSR count). The van der Waals surface area contributed by atoms with Gasteiger partial charge in [-0.25, -0.2) is 14.8 Å². The molecular weight excluding hydrogens is 552 g/mol. The first-order valence-corrected chi connectivity index (χ1v) is 14.3. The number of guanidine groups is 2. The third-order valence-electron chi connectivity index (χ3n) is 6.82. The highest BCUT2D eigenvalue weighted by Crippen LogP contribution is 2.21. The Labute approximate surface area is 257 Å². The van der Waals surface area contributed by atoms with E-state index in [1.54, 1.807) is 0 Å². The molecule has 4 aromatic rings. The van der Waals surface area contributed by atoms with Crippen molar-refractivity contribution in [3.05, 3.63) is 143 Å². The largest absolute Gasteiger partial charge is 0.370 e. The average molecular weight is 591 g/mol. The first kappa shape index (κ1) is 31.3. The lowest BCUT2D eigenvalue weighted by Gasteiger charge is -2.18. The van der Waals surface area contributed by atoms with E-state index in [0.29, 0.717) is 26.1 Å². The second-order valence-corrected chi connectivity index (χ2v) is 10.3. The summed E-state index contributed by atoms with van der Waals surface area (Å²) < 4.78 is 0. The first-order valence-electron chi connectivity index (χ1n) is 14.3. The number of hydrogen-bond donors (Lipinski definition) is 6. The van der Waals surface area contributed by atoms with Crippen molar-refractivity contribution in [3.63, 3.8) is 0 Å². The van der Waals surface area contributed by atoms with Crippen LogP contribution in [0.2, 0.25) is 0 Å². The van der Waals surface area contributed by atoms with E-state index in [4.69, 9.17) is 17.2 Å². The fourth-order valence-corrected chi connectivity index (χ4v) is 4.63. The third-order valence-corrected chi connectivity index (χ3v) is 6.82. The van der Waals surface area contributed by atoms with Gasteiger partial charge in [0.1, 0.15) is 0 Å². The SMILES string of the molecule is NC(N)=NCc1cccc(CNC(=O)NC(N)=NCc2cccc(CNC(=O)C(Cc3ccccc3)c3ccccc3)c2)c1. The lowest BCUT2D eigenvalue weighted by atomic mass is 9.91. The molecule has 10 heteroatoms. The van der Waals surface area contributed by atoms with E-state index in [-0.39, 0.29) is 30.3 Å². The zero-order valence-electron chi connectivity index (χ0n) is 24.4. The molecule has 226 valence electrons. The van der Waals surface area contributed by atoms with Gasteiger partial charge in [0.15, 0.2) is 11.9 Å². The van der Waals surface area contributed by atoms with E-state index in [1.165, 1.54) is 0 Å². The molecule has 0 spiro atoms. The molecule has 0 aliphatic carbocycles. The van der Waals surface area contributed by atoms with Gasteiger partial charge in [0.05, 0.1) is 19.0 Å². The van der Waals surface area contributed by atoms with Crippen LogP contribution in [0.3, 0.4) is 0 Å². The summed E-state index contributed by atoms with van der Waals surface area (Å²) in [6.45, 7) is 1.29. The molecule has 0 saturated heterocycles. The van der Waals surface area contributed by atoms with Crippen molar-refractivity contribution >= 4 is 23.9 Å². The molecule has 1 unspecified atom stereocenters. The monoisotopic (exact) mass is 590 g/mol. The van der Waals surface area contributed by atoms with E-state index >= 15 is 0 Å². The molecule has 10 nitrogen and oxygen atoms in total. The second-order valence-electron chi connectivity index (χ2n) is 10.3. The number of aliphatic imine (C=N–C) groups is 2. The lowest BCUT2D eigenvalue weighted by Crippen LogP contribution is -2.43. The summed E-state index contributed by atoms with van der Waals surface area (Å²) in [7, 11) is 0. The van der Waals surface area contributed by atoms with E-state index in [9.17, 15) is 9.59 Å². The zero-order valence-corrected chi connectivity index (χ0v) is 24.4. The van der Waals surface area contributed by atoms with Gasteiger partial charge in [0.25, 0.3) is 0 Å². The fourth-order valence-electron chi connectivity index (χ4n) is 4.63. The van der Waals surface area contributed by atoms with Crippen LogP contribution >= 0.6 is 0 Å². The fraction of sp³-hybridized carbons (Fsp3) is 0.176. The maximum absolute atomic E-state index is 13.3. The van der Waals surface area contributed by atoms with E-state index in [1.807, 2.05) is 109 Å². The van der Waals surface area contributed by atoms with Crippen LogP contribution in [0.1, 0.15) is 39.3 Å². The third kappa shape index (κ3) is 10.3. The summed E-state index contributed by atoms with van der Waals surface area (Å²) in [6.07, 6.45) is 0.608. The summed E-state index contributed by atoms with van der Waals surface area (Å²) in [5.41, 5.74) is 22.4. The molecule has 4 aromatic carbocycles. The molecule has 0 fully saturated rings. The Balaban J connectivity index is 1.28. The van der Waals surface area contributed by atoms with Gasteiger partial charge in [-0.05, 0) is 39.8 Å². The van der Waals surface area contributed by atoms with Crippen molar-refractivity contribution in [1.29, 1.82) is 0 Å². The Bertz CT molecular complexity index is 1590. The predicted molar refractivity (Wildman–Crippen MR) is 174 cm³/mol. The standard InChI is InChI=1S/C34H38N8O2/c35-32(36)39-21-26-12-8-14-28(18-26)23-41-34(44)42-33(37)40-22-27-13-7-11-25(17-27)20-38-31(43)30(29-15-5-2-6-16-29)19-24-9-3-1-4-10-24/h1-18,30H,19-23H2,(H,38,43)(H4,35,36,39)(H4,37,40,41,42,44). The second kappa shape index (κ2) is 16.1. The Morgan fingerprint density at radius 3 is 1.75 bits per heavy atom. The molecular formula is C34H38N8O2. The van der Waals surface area contributed by atoms with Crippen LogP contribution in [0.15, 0.2) is 119 Å². The predicted octanol–water partition coefficient (Wildman–Crippen LogP) is 3.42. The van der Waals surface area contributed by atoms with Gasteiger partial charge in [0, 0.05) is 13.1 Å². The topological polar surface area (TPSA) is 173 Å². The van der Waals surface area contributed by atoms with Crippen LogP contribution in [0.4, 0.5) is 4.79 Å². The van der Waals surface area contributed by atoms with Crippen LogP contribution in [0.5, 0.6) is 0 Å². The highest BCUT2D eigenvalue weighted by atomic mass is 16.2. The van der Waals surface area contributed by atoms with Crippen LogP contribution in [0, 0.1) is 0 Å². The number of carbonyl (C=O) groups excluding carboxylic acids is 2. The minimum atomic E-state index is -0.471. The molecule has 0 aromatic heterocycles. The molecule has 0 heterocycles. The van der Waals surface area contributed by atoms with E-state index < -0.39 is 6.03 Å². The maximum atomic E-state index is 13.3. The highest BCUT2D eigenvalue weighted by Gasteiger charge is 2.21. The number of amides is 3. The Kier molecular flexibility index (Phi) is 11.5.